The summed E-state index contributed by atoms with van der Waals surface area (Å²) in [5.74, 6) is -0.205. The average Bonchev–Trinajstić information content (AvgIpc) is 3.13. The summed E-state index contributed by atoms with van der Waals surface area (Å²) in [5, 5.41) is 9.03. The van der Waals surface area contributed by atoms with Gasteiger partial charge in [0, 0.05) is 16.9 Å². The molecule has 3 N–H and O–H groups in total. The van der Waals surface area contributed by atoms with Crippen LogP contribution in [0.1, 0.15) is 21.5 Å². The van der Waals surface area contributed by atoms with Gasteiger partial charge in [-0.2, -0.15) is 0 Å². The lowest BCUT2D eigenvalue weighted by atomic mass is 10.2. The summed E-state index contributed by atoms with van der Waals surface area (Å²) in [7, 11) is 0. The molecule has 0 fully saturated rings. The van der Waals surface area contributed by atoms with Crippen LogP contribution in [0.3, 0.4) is 0 Å². The van der Waals surface area contributed by atoms with Crippen LogP contribution in [-0.2, 0) is 0 Å². The third-order valence-electron chi connectivity index (χ3n) is 4.51. The number of thiazole rings is 1. The van der Waals surface area contributed by atoms with E-state index >= 15 is 0 Å². The number of amides is 3. The average molecular weight is 417 g/mol. The predicted octanol–water partition coefficient (Wildman–Crippen LogP) is 5.81. The molecule has 0 unspecified atom stereocenters. The van der Waals surface area contributed by atoms with E-state index < -0.39 is 0 Å². The van der Waals surface area contributed by atoms with Crippen LogP contribution in [0.5, 0.6) is 0 Å². The van der Waals surface area contributed by atoms with E-state index in [-0.39, 0.29) is 11.9 Å². The molecule has 0 atom stereocenters. The van der Waals surface area contributed by atoms with Crippen LogP contribution in [0.4, 0.5) is 21.3 Å². The summed E-state index contributed by atoms with van der Waals surface area (Å²) in [6, 6.07) is 20.0. The second-order valence-corrected chi connectivity index (χ2v) is 7.95. The van der Waals surface area contributed by atoms with Crippen molar-refractivity contribution in [3.63, 3.8) is 0 Å². The van der Waals surface area contributed by atoms with Crippen LogP contribution < -0.4 is 16.0 Å². The molecule has 0 saturated carbocycles. The molecule has 3 amide bonds. The summed E-state index contributed by atoms with van der Waals surface area (Å²) in [5.41, 5.74) is 4.79. The lowest BCUT2D eigenvalue weighted by molar-refractivity contribution is 0.102. The summed E-state index contributed by atoms with van der Waals surface area (Å²) < 4.78 is 0.879. The van der Waals surface area contributed by atoms with Crippen molar-refractivity contribution in [2.45, 2.75) is 13.8 Å². The third-order valence-corrected chi connectivity index (χ3v) is 5.43. The Balaban J connectivity index is 1.49. The fourth-order valence-corrected chi connectivity index (χ4v) is 3.99. The number of aromatic nitrogens is 1. The molecule has 1 heterocycles. The molecule has 150 valence electrons. The minimum atomic E-state index is -0.320. The van der Waals surface area contributed by atoms with Crippen molar-refractivity contribution in [3.8, 4) is 0 Å². The van der Waals surface area contributed by atoms with E-state index in [1.54, 1.807) is 12.1 Å². The Labute approximate surface area is 178 Å². The monoisotopic (exact) mass is 416 g/mol. The molecular weight excluding hydrogens is 396 g/mol. The quantitative estimate of drug-likeness (QED) is 0.393. The maximum absolute atomic E-state index is 12.4. The zero-order chi connectivity index (χ0) is 21.1. The molecule has 4 rings (SSSR count). The standard InChI is InChI=1S/C23H20N4O2S/c1-14-8-10-17(11-9-14)24-22(29)25-18-12-15(2)20-19(13-18)30-23(26-20)27-21(28)16-6-4-3-5-7-16/h3-13H,1-2H3,(H2,24,25,29)(H,26,27,28). The Morgan fingerprint density at radius 1 is 0.833 bits per heavy atom. The number of benzene rings is 3. The first-order chi connectivity index (χ1) is 14.5. The minimum Gasteiger partial charge on any atom is -0.308 e. The number of aryl methyl sites for hydroxylation is 2. The Morgan fingerprint density at radius 2 is 1.53 bits per heavy atom. The maximum Gasteiger partial charge on any atom is 0.323 e. The van der Waals surface area contributed by atoms with Crippen LogP contribution in [0.15, 0.2) is 66.7 Å². The van der Waals surface area contributed by atoms with Gasteiger partial charge in [0.15, 0.2) is 5.13 Å². The second kappa shape index (κ2) is 8.34. The molecule has 4 aromatic rings. The first kappa shape index (κ1) is 19.6. The number of nitrogens with one attached hydrogen (secondary N) is 3. The van der Waals surface area contributed by atoms with Crippen molar-refractivity contribution in [1.82, 2.24) is 4.98 Å². The Bertz CT molecular complexity index is 1220. The number of hydrogen-bond acceptors (Lipinski definition) is 4. The van der Waals surface area contributed by atoms with Crippen molar-refractivity contribution >= 4 is 50.0 Å². The van der Waals surface area contributed by atoms with Gasteiger partial charge in [-0.25, -0.2) is 9.78 Å². The largest absolute Gasteiger partial charge is 0.323 e. The van der Waals surface area contributed by atoms with Crippen molar-refractivity contribution in [1.29, 1.82) is 0 Å². The lowest BCUT2D eigenvalue weighted by Crippen LogP contribution is -2.19. The molecule has 6 nitrogen and oxygen atoms in total. The molecule has 0 aliphatic rings. The first-order valence-corrected chi connectivity index (χ1v) is 10.2. The highest BCUT2D eigenvalue weighted by molar-refractivity contribution is 7.22. The smallest absolute Gasteiger partial charge is 0.308 e. The molecule has 0 aliphatic carbocycles. The van der Waals surface area contributed by atoms with Crippen molar-refractivity contribution in [2.24, 2.45) is 0 Å². The highest BCUT2D eigenvalue weighted by atomic mass is 32.1. The summed E-state index contributed by atoms with van der Waals surface area (Å²) in [4.78, 5) is 29.2. The number of rotatable bonds is 4. The molecule has 7 heteroatoms. The van der Waals surface area contributed by atoms with Gasteiger partial charge < -0.3 is 10.6 Å². The van der Waals surface area contributed by atoms with Gasteiger partial charge in [0.25, 0.3) is 5.91 Å². The van der Waals surface area contributed by atoms with Gasteiger partial charge in [0.1, 0.15) is 0 Å². The van der Waals surface area contributed by atoms with Crippen LogP contribution in [0, 0.1) is 13.8 Å². The topological polar surface area (TPSA) is 83.1 Å². The van der Waals surface area contributed by atoms with Gasteiger partial charge in [0.2, 0.25) is 0 Å². The third kappa shape index (κ3) is 4.47. The SMILES string of the molecule is Cc1ccc(NC(=O)Nc2cc(C)c3nc(NC(=O)c4ccccc4)sc3c2)cc1. The van der Waals surface area contributed by atoms with E-state index in [9.17, 15) is 9.59 Å². The Kier molecular flexibility index (Phi) is 5.45. The van der Waals surface area contributed by atoms with E-state index in [4.69, 9.17) is 0 Å². The number of fused-ring (bicyclic) bond motifs is 1. The number of urea groups is 1. The molecule has 1 aromatic heterocycles. The Morgan fingerprint density at radius 3 is 2.27 bits per heavy atom. The molecule has 3 aromatic carbocycles. The van der Waals surface area contributed by atoms with E-state index in [1.165, 1.54) is 11.3 Å². The van der Waals surface area contributed by atoms with Crippen molar-refractivity contribution < 1.29 is 9.59 Å². The van der Waals surface area contributed by atoms with Crippen LogP contribution in [-0.4, -0.2) is 16.9 Å². The summed E-state index contributed by atoms with van der Waals surface area (Å²) in [6.07, 6.45) is 0. The number of anilines is 3. The maximum atomic E-state index is 12.4. The molecular formula is C23H20N4O2S. The predicted molar refractivity (Wildman–Crippen MR) is 123 cm³/mol. The van der Waals surface area contributed by atoms with Gasteiger partial charge in [-0.1, -0.05) is 47.2 Å². The first-order valence-electron chi connectivity index (χ1n) is 9.40. The van der Waals surface area contributed by atoms with Crippen LogP contribution >= 0.6 is 11.3 Å². The number of nitrogens with zero attached hydrogens (tertiary/aromatic N) is 1. The van der Waals surface area contributed by atoms with Crippen LogP contribution in [0.2, 0.25) is 0 Å². The molecule has 0 radical (unpaired) electrons. The number of carbonyl (C=O) groups excluding carboxylic acids is 2. The zero-order valence-corrected chi connectivity index (χ0v) is 17.3. The normalized spacial score (nSPS) is 10.6. The molecule has 0 spiro atoms. The van der Waals surface area contributed by atoms with E-state index in [0.717, 1.165) is 27.0 Å². The van der Waals surface area contributed by atoms with Gasteiger partial charge in [-0.05, 0) is 55.8 Å². The second-order valence-electron chi connectivity index (χ2n) is 6.92. The number of hydrogen-bond donors (Lipinski definition) is 3. The molecule has 0 bridgehead atoms. The van der Waals surface area contributed by atoms with Gasteiger partial charge in [-0.15, -0.1) is 0 Å². The number of carbonyl (C=O) groups is 2. The highest BCUT2D eigenvalue weighted by Gasteiger charge is 2.13. The fraction of sp³-hybridized carbons (Fsp3) is 0.0870. The van der Waals surface area contributed by atoms with Crippen molar-refractivity contribution in [3.05, 3.63) is 83.4 Å². The molecule has 0 aliphatic heterocycles. The zero-order valence-electron chi connectivity index (χ0n) is 16.5. The Hall–Kier alpha value is -3.71. The lowest BCUT2D eigenvalue weighted by Gasteiger charge is -2.09. The highest BCUT2D eigenvalue weighted by Crippen LogP contribution is 2.31. The molecule has 30 heavy (non-hydrogen) atoms. The van der Waals surface area contributed by atoms with Gasteiger partial charge >= 0.3 is 6.03 Å². The summed E-state index contributed by atoms with van der Waals surface area (Å²) in [6.45, 7) is 3.92. The van der Waals surface area contributed by atoms with Crippen LogP contribution in [0.25, 0.3) is 10.2 Å². The van der Waals surface area contributed by atoms with E-state index in [2.05, 4.69) is 20.9 Å². The van der Waals surface area contributed by atoms with Crippen molar-refractivity contribution in [2.75, 3.05) is 16.0 Å². The molecule has 0 saturated heterocycles. The fourth-order valence-electron chi connectivity index (χ4n) is 3.01. The van der Waals surface area contributed by atoms with E-state index in [1.807, 2.05) is 68.4 Å². The minimum absolute atomic E-state index is 0.205. The van der Waals surface area contributed by atoms with Gasteiger partial charge in [-0.3, -0.25) is 10.1 Å². The van der Waals surface area contributed by atoms with E-state index in [0.29, 0.717) is 16.4 Å². The summed E-state index contributed by atoms with van der Waals surface area (Å²) >= 11 is 1.37. The van der Waals surface area contributed by atoms with Gasteiger partial charge in [0.05, 0.1) is 10.2 Å².